The highest BCUT2D eigenvalue weighted by Crippen LogP contribution is 2.47. The molecule has 0 amide bonds. The van der Waals surface area contributed by atoms with Crippen molar-refractivity contribution in [2.75, 3.05) is 11.9 Å². The van der Waals surface area contributed by atoms with Crippen LogP contribution in [0.1, 0.15) is 66.8 Å². The van der Waals surface area contributed by atoms with Crippen LogP contribution < -0.4 is 5.32 Å². The Kier molecular flexibility index (Phi) is 5.05. The van der Waals surface area contributed by atoms with Crippen molar-refractivity contribution in [3.63, 3.8) is 0 Å². The van der Waals surface area contributed by atoms with E-state index in [1.54, 1.807) is 6.07 Å². The van der Waals surface area contributed by atoms with Crippen molar-refractivity contribution in [3.05, 3.63) is 59.8 Å². The van der Waals surface area contributed by atoms with E-state index >= 15 is 0 Å². The van der Waals surface area contributed by atoms with Crippen molar-refractivity contribution in [1.82, 2.24) is 9.55 Å². The minimum Gasteiger partial charge on any atom is -0.478 e. The van der Waals surface area contributed by atoms with Crippen molar-refractivity contribution >= 4 is 33.5 Å². The van der Waals surface area contributed by atoms with Crippen LogP contribution >= 0.6 is 0 Å². The normalized spacial score (nSPS) is 17.0. The second-order valence-corrected chi connectivity index (χ2v) is 9.48. The molecule has 1 aliphatic heterocycles. The van der Waals surface area contributed by atoms with E-state index in [0.29, 0.717) is 11.5 Å². The molecule has 2 aliphatic rings. The van der Waals surface area contributed by atoms with Gasteiger partial charge in [-0.05, 0) is 73.6 Å². The molecule has 1 aliphatic carbocycles. The molecule has 2 aromatic carbocycles. The molecule has 0 saturated heterocycles. The van der Waals surface area contributed by atoms with Crippen LogP contribution in [-0.2, 0) is 6.54 Å². The van der Waals surface area contributed by atoms with E-state index in [-0.39, 0.29) is 0 Å². The number of anilines is 1. The number of carboxylic acids is 1. The predicted molar refractivity (Wildman–Crippen MR) is 133 cm³/mol. The molecule has 0 atom stereocenters. The van der Waals surface area contributed by atoms with Crippen molar-refractivity contribution in [3.8, 4) is 11.3 Å². The number of hydrogen-bond donors (Lipinski definition) is 2. The zero-order valence-electron chi connectivity index (χ0n) is 18.8. The molecule has 5 nitrogen and oxygen atoms in total. The molecule has 0 bridgehead atoms. The van der Waals surface area contributed by atoms with E-state index in [2.05, 4.69) is 39.1 Å². The van der Waals surface area contributed by atoms with Crippen LogP contribution in [-0.4, -0.2) is 27.2 Å². The maximum Gasteiger partial charge on any atom is 0.335 e. The SMILES string of the molecule is O=C(O)c1ccc2c(C3CCCCC3)c3n(c2c1)CCCCNc1c-3ccc2ncccc12. The predicted octanol–water partition coefficient (Wildman–Crippen LogP) is 6.81. The summed E-state index contributed by atoms with van der Waals surface area (Å²) in [5.41, 5.74) is 7.47. The van der Waals surface area contributed by atoms with Gasteiger partial charge in [0.2, 0.25) is 0 Å². The van der Waals surface area contributed by atoms with Gasteiger partial charge < -0.3 is 15.0 Å². The zero-order valence-corrected chi connectivity index (χ0v) is 18.8. The number of benzene rings is 2. The van der Waals surface area contributed by atoms with Gasteiger partial charge in [0.1, 0.15) is 0 Å². The number of fused-ring (bicyclic) bond motifs is 7. The average Bonchev–Trinajstić information content (AvgIpc) is 3.21. The van der Waals surface area contributed by atoms with Crippen molar-refractivity contribution < 1.29 is 9.90 Å². The van der Waals surface area contributed by atoms with Crippen molar-refractivity contribution in [2.45, 2.75) is 57.4 Å². The highest BCUT2D eigenvalue weighted by molar-refractivity contribution is 6.04. The monoisotopic (exact) mass is 439 g/mol. The maximum atomic E-state index is 11.8. The summed E-state index contributed by atoms with van der Waals surface area (Å²) < 4.78 is 2.42. The Bertz CT molecular complexity index is 1360. The third kappa shape index (κ3) is 3.38. The Balaban J connectivity index is 1.71. The molecule has 1 saturated carbocycles. The van der Waals surface area contributed by atoms with Gasteiger partial charge in [-0.25, -0.2) is 4.79 Å². The summed E-state index contributed by atoms with van der Waals surface area (Å²) in [7, 11) is 0. The molecular weight excluding hydrogens is 410 g/mol. The van der Waals surface area contributed by atoms with Crippen LogP contribution in [0, 0.1) is 0 Å². The molecular formula is C28H29N3O2. The number of aryl methyl sites for hydroxylation is 1. The van der Waals surface area contributed by atoms with Gasteiger partial charge in [0.15, 0.2) is 0 Å². The lowest BCUT2D eigenvalue weighted by Crippen LogP contribution is -2.08. The average molecular weight is 440 g/mol. The molecule has 0 unspecified atom stereocenters. The molecule has 0 spiro atoms. The number of aromatic carboxylic acids is 1. The highest BCUT2D eigenvalue weighted by Gasteiger charge is 2.29. The van der Waals surface area contributed by atoms with E-state index in [4.69, 9.17) is 0 Å². The lowest BCUT2D eigenvalue weighted by Gasteiger charge is -2.24. The number of carbonyl (C=O) groups is 1. The van der Waals surface area contributed by atoms with Crippen LogP contribution in [0.5, 0.6) is 0 Å². The lowest BCUT2D eigenvalue weighted by atomic mass is 9.81. The summed E-state index contributed by atoms with van der Waals surface area (Å²) >= 11 is 0. The Labute approximate surface area is 193 Å². The minimum atomic E-state index is -0.867. The van der Waals surface area contributed by atoms with Crippen molar-refractivity contribution in [2.24, 2.45) is 0 Å². The molecule has 1 fully saturated rings. The fraction of sp³-hybridized carbons (Fsp3) is 0.357. The first kappa shape index (κ1) is 20.3. The number of carboxylic acid groups (broad SMARTS) is 1. The number of hydrogen-bond acceptors (Lipinski definition) is 3. The fourth-order valence-corrected chi connectivity index (χ4v) is 5.98. The Morgan fingerprint density at radius 2 is 1.88 bits per heavy atom. The molecule has 168 valence electrons. The van der Waals surface area contributed by atoms with E-state index < -0.39 is 5.97 Å². The molecule has 0 radical (unpaired) electrons. The van der Waals surface area contributed by atoms with Crippen LogP contribution in [0.4, 0.5) is 5.69 Å². The van der Waals surface area contributed by atoms with Gasteiger partial charge in [-0.3, -0.25) is 4.98 Å². The van der Waals surface area contributed by atoms with E-state index in [1.807, 2.05) is 18.3 Å². The molecule has 33 heavy (non-hydrogen) atoms. The zero-order chi connectivity index (χ0) is 22.4. The molecule has 5 heteroatoms. The van der Waals surface area contributed by atoms with Crippen LogP contribution in [0.2, 0.25) is 0 Å². The van der Waals surface area contributed by atoms with Gasteiger partial charge in [0.25, 0.3) is 0 Å². The number of rotatable bonds is 2. The van der Waals surface area contributed by atoms with E-state index in [1.165, 1.54) is 54.3 Å². The molecule has 6 rings (SSSR count). The fourth-order valence-electron chi connectivity index (χ4n) is 5.98. The molecule has 2 aromatic heterocycles. The summed E-state index contributed by atoms with van der Waals surface area (Å²) in [6, 6.07) is 14.2. The van der Waals surface area contributed by atoms with Gasteiger partial charge in [-0.2, -0.15) is 0 Å². The van der Waals surface area contributed by atoms with Crippen molar-refractivity contribution in [1.29, 1.82) is 0 Å². The van der Waals surface area contributed by atoms with Crippen LogP contribution in [0.3, 0.4) is 0 Å². The molecule has 2 N–H and O–H groups in total. The van der Waals surface area contributed by atoms with Gasteiger partial charge in [-0.15, -0.1) is 0 Å². The minimum absolute atomic E-state index is 0.360. The number of pyridine rings is 1. The second-order valence-electron chi connectivity index (χ2n) is 9.48. The van der Waals surface area contributed by atoms with Gasteiger partial charge >= 0.3 is 5.97 Å². The molecule has 3 heterocycles. The van der Waals surface area contributed by atoms with Gasteiger partial charge in [0, 0.05) is 41.1 Å². The van der Waals surface area contributed by atoms with E-state index in [0.717, 1.165) is 48.0 Å². The standard InChI is InChI=1S/C28H29N3O2/c32-28(33)19-10-11-21-24(17-19)31-16-5-4-14-30-26-20-9-6-15-29-23(20)13-12-22(26)27(31)25(21)18-7-2-1-3-8-18/h6,9-13,15,17-18,30H,1-5,7-8,14,16H2,(H,32,33). The second kappa shape index (κ2) is 8.22. The summed E-state index contributed by atoms with van der Waals surface area (Å²) in [5, 5.41) is 15.8. The quantitative estimate of drug-likeness (QED) is 0.360. The summed E-state index contributed by atoms with van der Waals surface area (Å²) in [6.07, 6.45) is 10.2. The first-order valence-corrected chi connectivity index (χ1v) is 12.2. The summed E-state index contributed by atoms with van der Waals surface area (Å²) in [4.78, 5) is 16.4. The van der Waals surface area contributed by atoms with Crippen LogP contribution in [0.25, 0.3) is 33.1 Å². The largest absolute Gasteiger partial charge is 0.478 e. The topological polar surface area (TPSA) is 67.2 Å². The van der Waals surface area contributed by atoms with Gasteiger partial charge in [0.05, 0.1) is 22.5 Å². The number of nitrogens with one attached hydrogen (secondary N) is 1. The Morgan fingerprint density at radius 3 is 2.73 bits per heavy atom. The smallest absolute Gasteiger partial charge is 0.335 e. The van der Waals surface area contributed by atoms with Gasteiger partial charge in [-0.1, -0.05) is 25.3 Å². The lowest BCUT2D eigenvalue weighted by molar-refractivity contribution is 0.0697. The first-order valence-electron chi connectivity index (χ1n) is 12.2. The Hall–Kier alpha value is -3.34. The summed E-state index contributed by atoms with van der Waals surface area (Å²) in [6.45, 7) is 1.82. The number of aromatic nitrogens is 2. The molecule has 4 aromatic rings. The third-order valence-electron chi connectivity index (χ3n) is 7.51. The van der Waals surface area contributed by atoms with E-state index in [9.17, 15) is 9.90 Å². The van der Waals surface area contributed by atoms with Crippen LogP contribution in [0.15, 0.2) is 48.7 Å². The third-order valence-corrected chi connectivity index (χ3v) is 7.51. The Morgan fingerprint density at radius 1 is 1.00 bits per heavy atom. The first-order chi connectivity index (χ1) is 16.2. The highest BCUT2D eigenvalue weighted by atomic mass is 16.4. The number of nitrogens with zero attached hydrogens (tertiary/aromatic N) is 2. The maximum absolute atomic E-state index is 11.8. The summed E-state index contributed by atoms with van der Waals surface area (Å²) in [5.74, 6) is -0.361.